The number of halogens is 1. The van der Waals surface area contributed by atoms with Crippen LogP contribution >= 0.6 is 11.6 Å². The average molecular weight is 383 g/mol. The van der Waals surface area contributed by atoms with Crippen LogP contribution in [0.3, 0.4) is 0 Å². The Morgan fingerprint density at radius 1 is 1.35 bits per heavy atom. The van der Waals surface area contributed by atoms with E-state index in [2.05, 4.69) is 0 Å². The van der Waals surface area contributed by atoms with E-state index >= 15 is 0 Å². The number of ether oxygens (including phenoxy) is 1. The maximum absolute atomic E-state index is 12.6. The van der Waals surface area contributed by atoms with Gasteiger partial charge in [-0.15, -0.1) is 0 Å². The molecule has 2 N–H and O–H groups in total. The van der Waals surface area contributed by atoms with Crippen LogP contribution in [0.5, 0.6) is 0 Å². The number of hydrogen-bond donors (Lipinski definition) is 1. The van der Waals surface area contributed by atoms with Crippen molar-refractivity contribution in [2.24, 2.45) is 5.14 Å². The van der Waals surface area contributed by atoms with Crippen LogP contribution in [0.2, 0.25) is 5.02 Å². The monoisotopic (exact) mass is 382 g/mol. The van der Waals surface area contributed by atoms with Gasteiger partial charge >= 0.3 is 0 Å². The lowest BCUT2D eigenvalue weighted by Crippen LogP contribution is -2.41. The fourth-order valence-electron chi connectivity index (χ4n) is 2.56. The first-order chi connectivity index (χ1) is 10.5. The van der Waals surface area contributed by atoms with E-state index in [-0.39, 0.29) is 16.5 Å². The second-order valence-corrected chi connectivity index (χ2v) is 9.78. The molecule has 1 aliphatic heterocycles. The summed E-state index contributed by atoms with van der Waals surface area (Å²) in [6, 6.07) is 3.43. The van der Waals surface area contributed by atoms with Gasteiger partial charge in [0.2, 0.25) is 20.0 Å². The van der Waals surface area contributed by atoms with E-state index in [0.717, 1.165) is 23.2 Å². The standard InChI is InChI=1S/C13H19ClN2O5S2/c1-13(6-3-7-21-13)9-16(2)23(19,20)10-4-5-11(14)12(8-10)22(15,17)18/h4-5,8H,3,6-7,9H2,1-2H3,(H2,15,17,18)/t13-/m0/s1. The smallest absolute Gasteiger partial charge is 0.242 e. The van der Waals surface area contributed by atoms with E-state index < -0.39 is 30.5 Å². The molecule has 0 amide bonds. The second-order valence-electron chi connectivity index (χ2n) is 5.80. The normalized spacial score (nSPS) is 22.7. The van der Waals surface area contributed by atoms with Gasteiger partial charge in [0.1, 0.15) is 4.90 Å². The Morgan fingerprint density at radius 3 is 2.52 bits per heavy atom. The molecule has 1 aromatic carbocycles. The minimum absolute atomic E-state index is 0.125. The Hall–Kier alpha value is -0.710. The molecule has 0 spiro atoms. The van der Waals surface area contributed by atoms with Gasteiger partial charge in [0.05, 0.1) is 15.5 Å². The molecule has 1 aliphatic rings. The molecule has 0 bridgehead atoms. The van der Waals surface area contributed by atoms with Crippen molar-refractivity contribution >= 4 is 31.6 Å². The second kappa shape index (κ2) is 6.30. The summed E-state index contributed by atoms with van der Waals surface area (Å²) < 4.78 is 55.0. The molecule has 7 nitrogen and oxygen atoms in total. The fourth-order valence-corrected chi connectivity index (χ4v) is 5.02. The first kappa shape index (κ1) is 18.6. The molecule has 1 aromatic rings. The van der Waals surface area contributed by atoms with Crippen LogP contribution in [0.25, 0.3) is 0 Å². The molecule has 0 unspecified atom stereocenters. The molecule has 1 saturated heterocycles. The van der Waals surface area contributed by atoms with Crippen LogP contribution in [0.15, 0.2) is 28.0 Å². The summed E-state index contributed by atoms with van der Waals surface area (Å²) in [4.78, 5) is -0.605. The third-order valence-corrected chi connectivity index (χ3v) is 6.97. The largest absolute Gasteiger partial charge is 0.374 e. The van der Waals surface area contributed by atoms with Crippen LogP contribution in [0.4, 0.5) is 0 Å². The first-order valence-electron chi connectivity index (χ1n) is 6.88. The zero-order valence-corrected chi connectivity index (χ0v) is 15.2. The van der Waals surface area contributed by atoms with Crippen LogP contribution in [0.1, 0.15) is 19.8 Å². The molecule has 1 atom stereocenters. The third kappa shape index (κ3) is 4.04. The van der Waals surface area contributed by atoms with Gasteiger partial charge in [0.15, 0.2) is 0 Å². The lowest BCUT2D eigenvalue weighted by molar-refractivity contribution is 0.00965. The zero-order chi connectivity index (χ0) is 17.5. The Balaban J connectivity index is 2.36. The molecular weight excluding hydrogens is 364 g/mol. The predicted molar refractivity (Wildman–Crippen MR) is 86.2 cm³/mol. The van der Waals surface area contributed by atoms with Crippen molar-refractivity contribution in [3.63, 3.8) is 0 Å². The molecule has 1 fully saturated rings. The summed E-state index contributed by atoms with van der Waals surface area (Å²) >= 11 is 5.78. The van der Waals surface area contributed by atoms with Gasteiger partial charge < -0.3 is 4.74 Å². The number of primary sulfonamides is 1. The molecule has 23 heavy (non-hydrogen) atoms. The molecular formula is C13H19ClN2O5S2. The van der Waals surface area contributed by atoms with Gasteiger partial charge in [0.25, 0.3) is 0 Å². The quantitative estimate of drug-likeness (QED) is 0.822. The molecule has 130 valence electrons. The number of nitrogens with two attached hydrogens (primary N) is 1. The number of sulfonamides is 2. The summed E-state index contributed by atoms with van der Waals surface area (Å²) in [7, 11) is -6.58. The average Bonchev–Trinajstić information content (AvgIpc) is 2.84. The van der Waals surface area contributed by atoms with Gasteiger partial charge in [-0.25, -0.2) is 22.0 Å². The summed E-state index contributed by atoms with van der Waals surface area (Å²) in [5.41, 5.74) is -0.545. The SMILES string of the molecule is CN(C[C@]1(C)CCCO1)S(=O)(=O)c1ccc(Cl)c(S(N)(=O)=O)c1. The third-order valence-electron chi connectivity index (χ3n) is 3.77. The molecule has 0 saturated carbocycles. The van der Waals surface area contributed by atoms with Gasteiger partial charge in [-0.3, -0.25) is 0 Å². The van der Waals surface area contributed by atoms with Crippen molar-refractivity contribution in [3.05, 3.63) is 23.2 Å². The van der Waals surface area contributed by atoms with Gasteiger partial charge in [0, 0.05) is 20.2 Å². The van der Waals surface area contributed by atoms with Crippen LogP contribution < -0.4 is 5.14 Å². The van der Waals surface area contributed by atoms with E-state index in [9.17, 15) is 16.8 Å². The van der Waals surface area contributed by atoms with Crippen molar-refractivity contribution in [3.8, 4) is 0 Å². The summed E-state index contributed by atoms with van der Waals surface area (Å²) in [6.07, 6.45) is 1.64. The van der Waals surface area contributed by atoms with Crippen LogP contribution in [-0.2, 0) is 24.8 Å². The van der Waals surface area contributed by atoms with E-state index in [1.807, 2.05) is 6.92 Å². The molecule has 0 aromatic heterocycles. The number of hydrogen-bond acceptors (Lipinski definition) is 5. The summed E-state index contributed by atoms with van der Waals surface area (Å²) in [5, 5.41) is 4.93. The van der Waals surface area contributed by atoms with E-state index in [4.69, 9.17) is 21.5 Å². The first-order valence-corrected chi connectivity index (χ1v) is 10.2. The Kier molecular flexibility index (Phi) is 5.10. The Bertz CT molecular complexity index is 802. The van der Waals surface area contributed by atoms with Crippen molar-refractivity contribution < 1.29 is 21.6 Å². The lowest BCUT2D eigenvalue weighted by Gasteiger charge is -2.28. The lowest BCUT2D eigenvalue weighted by atomic mass is 10.0. The number of nitrogens with zero attached hydrogens (tertiary/aromatic N) is 1. The highest BCUT2D eigenvalue weighted by molar-refractivity contribution is 7.90. The van der Waals surface area contributed by atoms with Crippen molar-refractivity contribution in [2.45, 2.75) is 35.2 Å². The van der Waals surface area contributed by atoms with Crippen molar-refractivity contribution in [2.75, 3.05) is 20.2 Å². The summed E-state index contributed by atoms with van der Waals surface area (Å²) in [5.74, 6) is 0. The van der Waals surface area contributed by atoms with Crippen molar-refractivity contribution in [1.29, 1.82) is 0 Å². The number of likely N-dealkylation sites (N-methyl/N-ethyl adjacent to an activating group) is 1. The van der Waals surface area contributed by atoms with Gasteiger partial charge in [-0.2, -0.15) is 4.31 Å². The number of benzene rings is 1. The minimum atomic E-state index is -4.12. The predicted octanol–water partition coefficient (Wildman–Crippen LogP) is 1.18. The Morgan fingerprint density at radius 2 is 2.00 bits per heavy atom. The summed E-state index contributed by atoms with van der Waals surface area (Å²) in [6.45, 7) is 2.62. The highest BCUT2D eigenvalue weighted by Crippen LogP contribution is 2.29. The maximum Gasteiger partial charge on any atom is 0.242 e. The maximum atomic E-state index is 12.6. The van der Waals surface area contributed by atoms with Gasteiger partial charge in [-0.1, -0.05) is 11.6 Å². The van der Waals surface area contributed by atoms with E-state index in [1.165, 1.54) is 19.2 Å². The van der Waals surface area contributed by atoms with Crippen LogP contribution in [-0.4, -0.2) is 46.9 Å². The van der Waals surface area contributed by atoms with Crippen molar-refractivity contribution in [1.82, 2.24) is 4.31 Å². The fraction of sp³-hybridized carbons (Fsp3) is 0.538. The molecule has 0 radical (unpaired) electrons. The molecule has 1 heterocycles. The van der Waals surface area contributed by atoms with Gasteiger partial charge in [-0.05, 0) is 38.0 Å². The molecule has 2 rings (SSSR count). The van der Waals surface area contributed by atoms with E-state index in [1.54, 1.807) is 0 Å². The molecule has 10 heteroatoms. The zero-order valence-electron chi connectivity index (χ0n) is 12.8. The highest BCUT2D eigenvalue weighted by atomic mass is 35.5. The van der Waals surface area contributed by atoms with E-state index in [0.29, 0.717) is 6.61 Å². The van der Waals surface area contributed by atoms with Crippen LogP contribution in [0, 0.1) is 0 Å². The molecule has 0 aliphatic carbocycles. The highest BCUT2D eigenvalue weighted by Gasteiger charge is 2.35. The minimum Gasteiger partial charge on any atom is -0.374 e. The number of rotatable bonds is 5. The Labute approximate surface area is 141 Å². The topological polar surface area (TPSA) is 107 Å².